The highest BCUT2D eigenvalue weighted by Gasteiger charge is 2.05. The van der Waals surface area contributed by atoms with Crippen molar-refractivity contribution in [2.75, 3.05) is 13.7 Å². The van der Waals surface area contributed by atoms with Crippen molar-refractivity contribution >= 4 is 5.91 Å². The summed E-state index contributed by atoms with van der Waals surface area (Å²) >= 11 is 0. The van der Waals surface area contributed by atoms with Crippen molar-refractivity contribution in [3.05, 3.63) is 70.8 Å². The first kappa shape index (κ1) is 16.8. The molecule has 0 aromatic heterocycles. The fraction of sp³-hybridized carbons (Fsp3) is 0.211. The number of amides is 1. The number of carbonyl (C=O) groups excluding carboxylic acids is 1. The molecule has 0 radical (unpaired) electrons. The van der Waals surface area contributed by atoms with Crippen LogP contribution in [-0.4, -0.2) is 29.8 Å². The Hall–Kier alpha value is -2.61. The summed E-state index contributed by atoms with van der Waals surface area (Å²) < 4.78 is 0. The van der Waals surface area contributed by atoms with Crippen molar-refractivity contribution in [1.29, 1.82) is 0 Å². The lowest BCUT2D eigenvalue weighted by Gasteiger charge is -2.08. The molecule has 0 spiro atoms. The molecule has 2 aromatic carbocycles. The smallest absolute Gasteiger partial charge is 0.251 e. The minimum absolute atomic E-state index is 0.0469. The van der Waals surface area contributed by atoms with E-state index in [4.69, 9.17) is 5.11 Å². The van der Waals surface area contributed by atoms with E-state index < -0.39 is 6.10 Å². The van der Waals surface area contributed by atoms with Crippen LogP contribution in [0.2, 0.25) is 0 Å². The van der Waals surface area contributed by atoms with Gasteiger partial charge in [0.15, 0.2) is 0 Å². The first-order valence-corrected chi connectivity index (χ1v) is 7.37. The summed E-state index contributed by atoms with van der Waals surface area (Å²) in [4.78, 5) is 11.5. The number of carbonyl (C=O) groups is 1. The van der Waals surface area contributed by atoms with Gasteiger partial charge in [0, 0.05) is 36.8 Å². The molecule has 0 saturated carbocycles. The summed E-state index contributed by atoms with van der Waals surface area (Å²) in [5, 5.41) is 21.2. The van der Waals surface area contributed by atoms with E-state index in [9.17, 15) is 9.90 Å². The molecule has 0 heterocycles. The molecule has 1 atom stereocenters. The first-order chi connectivity index (χ1) is 11.1. The van der Waals surface area contributed by atoms with Gasteiger partial charge in [-0.3, -0.25) is 4.79 Å². The zero-order valence-electron chi connectivity index (χ0n) is 12.9. The molecular formula is C19H19NO3. The van der Waals surface area contributed by atoms with Gasteiger partial charge >= 0.3 is 0 Å². The van der Waals surface area contributed by atoms with Crippen molar-refractivity contribution < 1.29 is 15.0 Å². The lowest BCUT2D eigenvalue weighted by Crippen LogP contribution is -2.17. The minimum atomic E-state index is -0.653. The minimum Gasteiger partial charge on any atom is -0.396 e. The second kappa shape index (κ2) is 8.14. The van der Waals surface area contributed by atoms with E-state index in [1.807, 2.05) is 12.1 Å². The van der Waals surface area contributed by atoms with E-state index in [1.54, 1.807) is 43.4 Å². The molecule has 0 unspecified atom stereocenters. The lowest BCUT2D eigenvalue weighted by molar-refractivity contribution is 0.0963. The third-order valence-electron chi connectivity index (χ3n) is 3.42. The fourth-order valence-corrected chi connectivity index (χ4v) is 2.07. The van der Waals surface area contributed by atoms with E-state index in [1.165, 1.54) is 0 Å². The van der Waals surface area contributed by atoms with Crippen LogP contribution in [0.4, 0.5) is 0 Å². The number of hydrogen-bond acceptors (Lipinski definition) is 3. The number of rotatable bonds is 4. The molecule has 0 aliphatic rings. The molecule has 3 N–H and O–H groups in total. The molecule has 2 rings (SSSR count). The van der Waals surface area contributed by atoms with E-state index in [2.05, 4.69) is 17.2 Å². The van der Waals surface area contributed by atoms with Gasteiger partial charge in [0.1, 0.15) is 0 Å². The zero-order valence-corrected chi connectivity index (χ0v) is 12.9. The van der Waals surface area contributed by atoms with Crippen molar-refractivity contribution in [3.8, 4) is 11.8 Å². The Balaban J connectivity index is 2.08. The molecule has 2 aromatic rings. The topological polar surface area (TPSA) is 69.6 Å². The van der Waals surface area contributed by atoms with Gasteiger partial charge in [0.25, 0.3) is 5.91 Å². The van der Waals surface area contributed by atoms with Crippen LogP contribution in [0.15, 0.2) is 48.5 Å². The summed E-state index contributed by atoms with van der Waals surface area (Å²) in [6, 6.07) is 14.4. The third-order valence-corrected chi connectivity index (χ3v) is 3.42. The number of aliphatic hydroxyl groups excluding tert-OH is 2. The average Bonchev–Trinajstić information content (AvgIpc) is 2.60. The van der Waals surface area contributed by atoms with Crippen LogP contribution in [0.5, 0.6) is 0 Å². The highest BCUT2D eigenvalue weighted by atomic mass is 16.3. The van der Waals surface area contributed by atoms with Crippen LogP contribution in [-0.2, 0) is 0 Å². The Labute approximate surface area is 135 Å². The Bertz CT molecular complexity index is 709. The Kier molecular flexibility index (Phi) is 5.93. The number of nitrogens with one attached hydrogen (secondary N) is 1. The maximum Gasteiger partial charge on any atom is 0.251 e. The Morgan fingerprint density at radius 2 is 1.57 bits per heavy atom. The highest BCUT2D eigenvalue weighted by Crippen LogP contribution is 2.16. The molecule has 0 bridgehead atoms. The molecular weight excluding hydrogens is 290 g/mol. The van der Waals surface area contributed by atoms with Crippen LogP contribution in [0.25, 0.3) is 0 Å². The van der Waals surface area contributed by atoms with Gasteiger partial charge in [-0.15, -0.1) is 0 Å². The van der Waals surface area contributed by atoms with Gasteiger partial charge in [-0.2, -0.15) is 0 Å². The number of benzene rings is 2. The molecule has 0 aliphatic carbocycles. The maximum absolute atomic E-state index is 11.5. The van der Waals surface area contributed by atoms with Gasteiger partial charge in [-0.1, -0.05) is 24.0 Å². The monoisotopic (exact) mass is 309 g/mol. The van der Waals surface area contributed by atoms with Gasteiger partial charge in [0.2, 0.25) is 0 Å². The van der Waals surface area contributed by atoms with Crippen LogP contribution in [0.1, 0.15) is 39.6 Å². The van der Waals surface area contributed by atoms with Gasteiger partial charge in [-0.05, 0) is 42.0 Å². The summed E-state index contributed by atoms with van der Waals surface area (Å²) in [5.74, 6) is 5.95. The molecule has 4 heteroatoms. The summed E-state index contributed by atoms with van der Waals surface area (Å²) in [6.07, 6.45) is -0.331. The highest BCUT2D eigenvalue weighted by molar-refractivity contribution is 5.94. The quantitative estimate of drug-likeness (QED) is 0.755. The molecule has 0 aliphatic heterocycles. The predicted octanol–water partition coefficient (Wildman–Crippen LogP) is 1.86. The third kappa shape index (κ3) is 4.68. The number of hydrogen-bond donors (Lipinski definition) is 3. The fourth-order valence-electron chi connectivity index (χ4n) is 2.07. The molecule has 23 heavy (non-hydrogen) atoms. The van der Waals surface area contributed by atoms with E-state index in [0.29, 0.717) is 12.0 Å². The molecule has 4 nitrogen and oxygen atoms in total. The SMILES string of the molecule is CNC(=O)c1ccc(C#Cc2ccc([C@@H](O)CCO)cc2)cc1. The van der Waals surface area contributed by atoms with E-state index in [0.717, 1.165) is 16.7 Å². The average molecular weight is 309 g/mol. The van der Waals surface area contributed by atoms with Crippen molar-refractivity contribution in [1.82, 2.24) is 5.32 Å². The summed E-state index contributed by atoms with van der Waals surface area (Å²) in [5.41, 5.74) is 3.02. The summed E-state index contributed by atoms with van der Waals surface area (Å²) in [6.45, 7) is -0.0469. The number of aliphatic hydroxyl groups is 2. The van der Waals surface area contributed by atoms with Gasteiger partial charge in [0.05, 0.1) is 6.10 Å². The molecule has 0 fully saturated rings. The normalized spacial score (nSPS) is 11.3. The lowest BCUT2D eigenvalue weighted by atomic mass is 10.0. The van der Waals surface area contributed by atoms with Gasteiger partial charge < -0.3 is 15.5 Å². The molecule has 1 amide bonds. The molecule has 118 valence electrons. The van der Waals surface area contributed by atoms with E-state index >= 15 is 0 Å². The summed E-state index contributed by atoms with van der Waals surface area (Å²) in [7, 11) is 1.59. The second-order valence-electron chi connectivity index (χ2n) is 5.06. The zero-order chi connectivity index (χ0) is 16.7. The maximum atomic E-state index is 11.5. The predicted molar refractivity (Wildman–Crippen MR) is 88.9 cm³/mol. The Morgan fingerprint density at radius 3 is 2.04 bits per heavy atom. The van der Waals surface area contributed by atoms with Crippen molar-refractivity contribution in [3.63, 3.8) is 0 Å². The Morgan fingerprint density at radius 1 is 1.04 bits per heavy atom. The van der Waals surface area contributed by atoms with Crippen molar-refractivity contribution in [2.24, 2.45) is 0 Å². The van der Waals surface area contributed by atoms with Crippen LogP contribution >= 0.6 is 0 Å². The van der Waals surface area contributed by atoms with Gasteiger partial charge in [-0.25, -0.2) is 0 Å². The largest absolute Gasteiger partial charge is 0.396 e. The first-order valence-electron chi connectivity index (χ1n) is 7.37. The van der Waals surface area contributed by atoms with Crippen LogP contribution < -0.4 is 5.32 Å². The van der Waals surface area contributed by atoms with E-state index in [-0.39, 0.29) is 12.5 Å². The van der Waals surface area contributed by atoms with Crippen LogP contribution in [0, 0.1) is 11.8 Å². The standard InChI is InChI=1S/C19H19NO3/c1-20-19(23)17-10-6-15(7-11-17)3-2-14-4-8-16(9-5-14)18(22)12-13-21/h4-11,18,21-22H,12-13H2,1H3,(H,20,23)/t18-/m0/s1. The van der Waals surface area contributed by atoms with Crippen molar-refractivity contribution in [2.45, 2.75) is 12.5 Å². The van der Waals surface area contributed by atoms with Crippen LogP contribution in [0.3, 0.4) is 0 Å². The second-order valence-corrected chi connectivity index (χ2v) is 5.06. The molecule has 0 saturated heterocycles.